The van der Waals surface area contributed by atoms with Crippen LogP contribution in [0.15, 0.2) is 168 Å². The standard InChI is InChI=1S/C37H24N3O.C19H26GeN.Ir/c1-24-22-23-30-29-18-11-19-31(35(29)41-37(30)38-24)36-39-32-20-8-9-21-33(32)40(36)34-27(25-12-4-2-5-13-25)16-10-17-28(34)26-14-6-3-7-15-26;1-19(2,3)13-16-12-18(15-10-8-7-9-11-15)21-14-17(16)20(4,5)6;/h2-18,20-23H,1H3;7-10,12,14H,13H2,1-6H3;/q2*-1;. The molecule has 0 atom stereocenters. The predicted octanol–water partition coefficient (Wildman–Crippen LogP) is 14.1. The van der Waals surface area contributed by atoms with E-state index in [1.807, 2.05) is 49.4 Å². The zero-order valence-electron chi connectivity index (χ0n) is 36.8. The van der Waals surface area contributed by atoms with Gasteiger partial charge in [0.05, 0.1) is 28.1 Å². The van der Waals surface area contributed by atoms with Crippen LogP contribution in [-0.4, -0.2) is 32.8 Å². The number of pyridine rings is 2. The minimum absolute atomic E-state index is 0. The first kappa shape index (κ1) is 43.7. The fourth-order valence-electron chi connectivity index (χ4n) is 8.38. The Labute approximate surface area is 387 Å². The largest absolute Gasteiger partial charge is 0.486 e. The van der Waals surface area contributed by atoms with Crippen LogP contribution in [-0.2, 0) is 26.5 Å². The van der Waals surface area contributed by atoms with E-state index >= 15 is 0 Å². The van der Waals surface area contributed by atoms with Crippen LogP contribution in [0.4, 0.5) is 0 Å². The van der Waals surface area contributed by atoms with Crippen LogP contribution in [0.3, 0.4) is 0 Å². The second kappa shape index (κ2) is 18.1. The molecule has 0 amide bonds. The molecule has 4 aromatic heterocycles. The molecule has 5 nitrogen and oxygen atoms in total. The minimum Gasteiger partial charge on any atom is -0.486 e. The Morgan fingerprint density at radius 2 is 1.33 bits per heavy atom. The van der Waals surface area contributed by atoms with Gasteiger partial charge in [0.1, 0.15) is 0 Å². The van der Waals surface area contributed by atoms with E-state index in [0.29, 0.717) is 11.1 Å². The Balaban J connectivity index is 0.000000210. The summed E-state index contributed by atoms with van der Waals surface area (Å²) in [4.78, 5) is 14.6. The second-order valence-corrected chi connectivity index (χ2v) is 28.8. The summed E-state index contributed by atoms with van der Waals surface area (Å²) in [5.41, 5.74) is 14.5. The first-order chi connectivity index (χ1) is 29.9. The Bertz CT molecular complexity index is 3120. The number of aromatic nitrogens is 4. The fraction of sp³-hybridized carbons (Fsp3) is 0.161. The number of aryl methyl sites for hydroxylation is 1. The van der Waals surface area contributed by atoms with Crippen LogP contribution in [0.2, 0.25) is 17.3 Å². The molecule has 0 N–H and O–H groups in total. The van der Waals surface area contributed by atoms with E-state index in [0.717, 1.165) is 90.1 Å². The van der Waals surface area contributed by atoms with E-state index < -0.39 is 13.3 Å². The van der Waals surface area contributed by atoms with Gasteiger partial charge in [-0.15, -0.1) is 18.2 Å². The van der Waals surface area contributed by atoms with Gasteiger partial charge in [0.15, 0.2) is 0 Å². The van der Waals surface area contributed by atoms with E-state index in [-0.39, 0.29) is 20.1 Å². The molecule has 10 aromatic rings. The van der Waals surface area contributed by atoms with Crippen molar-refractivity contribution < 1.29 is 24.5 Å². The van der Waals surface area contributed by atoms with Gasteiger partial charge in [0.25, 0.3) is 0 Å². The number of para-hydroxylation sites is 3. The normalized spacial score (nSPS) is 11.7. The number of nitrogens with zero attached hydrogens (tertiary/aromatic N) is 4. The molecule has 0 saturated carbocycles. The fourth-order valence-corrected chi connectivity index (χ4v) is 11.7. The van der Waals surface area contributed by atoms with E-state index in [2.05, 4.69) is 181 Å². The maximum Gasteiger partial charge on any atom is 0.216 e. The van der Waals surface area contributed by atoms with Crippen molar-refractivity contribution in [1.29, 1.82) is 0 Å². The number of rotatable bonds is 7. The van der Waals surface area contributed by atoms with E-state index in [1.54, 1.807) is 0 Å². The zero-order valence-corrected chi connectivity index (χ0v) is 41.3. The zero-order chi connectivity index (χ0) is 43.0. The second-order valence-electron chi connectivity index (χ2n) is 18.2. The van der Waals surface area contributed by atoms with Crippen molar-refractivity contribution in [2.45, 2.75) is 51.4 Å². The van der Waals surface area contributed by atoms with Gasteiger partial charge in [0, 0.05) is 42.3 Å². The number of hydrogen-bond donors (Lipinski definition) is 0. The summed E-state index contributed by atoms with van der Waals surface area (Å²) in [7, 11) is 0. The van der Waals surface area contributed by atoms with Crippen molar-refractivity contribution in [1.82, 2.24) is 19.5 Å². The summed E-state index contributed by atoms with van der Waals surface area (Å²) in [5, 5.41) is 1.98. The summed E-state index contributed by atoms with van der Waals surface area (Å²) in [5.74, 6) is 8.10. The third kappa shape index (κ3) is 9.12. The number of furan rings is 1. The SMILES string of the molecule is CC(C)(C)Cc1cc(-c2[c-]cccc2)nc[c]1[Ge]([CH3])([CH3])[CH3].Cc1ccc2c(n1)oc1c(-c3nc4ccccc4n3-c3c(-c4ccccc4)cccc3-c3ccccc3)[c-]ccc12.[Ir]. The number of hydrogen-bond acceptors (Lipinski definition) is 4. The van der Waals surface area contributed by atoms with E-state index in [4.69, 9.17) is 14.4 Å². The summed E-state index contributed by atoms with van der Waals surface area (Å²) in [6.07, 6.45) is 3.24. The summed E-state index contributed by atoms with van der Waals surface area (Å²) < 4.78 is 10.2. The summed E-state index contributed by atoms with van der Waals surface area (Å²) in [6, 6.07) is 61.1. The van der Waals surface area contributed by atoms with Gasteiger partial charge < -0.3 is 8.98 Å². The van der Waals surface area contributed by atoms with Crippen LogP contribution in [0.25, 0.3) is 83.7 Å². The van der Waals surface area contributed by atoms with Crippen molar-refractivity contribution in [3.8, 4) is 50.6 Å². The molecule has 4 heterocycles. The molecule has 0 spiro atoms. The summed E-state index contributed by atoms with van der Waals surface area (Å²) in [6.45, 7) is 8.90. The van der Waals surface area contributed by atoms with Crippen molar-refractivity contribution >= 4 is 50.8 Å². The Morgan fingerprint density at radius 3 is 1.98 bits per heavy atom. The predicted molar refractivity (Wildman–Crippen MR) is 261 cm³/mol. The molecule has 0 bridgehead atoms. The quantitative estimate of drug-likeness (QED) is 0.118. The van der Waals surface area contributed by atoms with Crippen molar-refractivity contribution in [3.63, 3.8) is 0 Å². The van der Waals surface area contributed by atoms with Gasteiger partial charge in [0.2, 0.25) is 5.71 Å². The third-order valence-electron chi connectivity index (χ3n) is 11.2. The van der Waals surface area contributed by atoms with Crippen molar-refractivity contribution in [3.05, 3.63) is 187 Å². The minimum atomic E-state index is -1.90. The van der Waals surface area contributed by atoms with E-state index in [1.165, 1.54) is 9.96 Å². The number of imidazole rings is 1. The average Bonchev–Trinajstić information content (AvgIpc) is 3.84. The monoisotopic (exact) mass is 1060 g/mol. The maximum absolute atomic E-state index is 6.44. The smallest absolute Gasteiger partial charge is 0.216 e. The van der Waals surface area contributed by atoms with Gasteiger partial charge in [-0.05, 0) is 42.3 Å². The first-order valence-electron chi connectivity index (χ1n) is 21.3. The molecule has 315 valence electrons. The van der Waals surface area contributed by atoms with Gasteiger partial charge >= 0.3 is 132 Å². The van der Waals surface area contributed by atoms with Crippen LogP contribution in [0.1, 0.15) is 32.0 Å². The molecule has 0 saturated heterocycles. The number of fused-ring (bicyclic) bond motifs is 4. The molecular formula is C56H50GeIrN4O-2. The molecule has 0 unspecified atom stereocenters. The molecule has 0 aliphatic heterocycles. The van der Waals surface area contributed by atoms with Gasteiger partial charge in [-0.2, -0.15) is 0 Å². The molecule has 0 aliphatic rings. The van der Waals surface area contributed by atoms with Crippen molar-refractivity contribution in [2.75, 3.05) is 0 Å². The van der Waals surface area contributed by atoms with Gasteiger partial charge in [-0.25, -0.2) is 4.98 Å². The average molecular weight is 1060 g/mol. The molecule has 6 aromatic carbocycles. The van der Waals surface area contributed by atoms with E-state index in [9.17, 15) is 0 Å². The van der Waals surface area contributed by atoms with Crippen LogP contribution in [0.5, 0.6) is 0 Å². The third-order valence-corrected chi connectivity index (χ3v) is 15.5. The van der Waals surface area contributed by atoms with Crippen molar-refractivity contribution in [2.24, 2.45) is 5.41 Å². The Morgan fingerprint density at radius 1 is 0.667 bits per heavy atom. The van der Waals surface area contributed by atoms with Gasteiger partial charge in [-0.3, -0.25) is 4.98 Å². The Hall–Kier alpha value is -5.92. The topological polar surface area (TPSA) is 56.7 Å². The molecule has 1 radical (unpaired) electrons. The maximum atomic E-state index is 6.44. The Kier molecular flexibility index (Phi) is 12.5. The molecule has 0 aliphatic carbocycles. The first-order valence-corrected chi connectivity index (χ1v) is 28.7. The molecule has 0 fully saturated rings. The summed E-state index contributed by atoms with van der Waals surface area (Å²) >= 11 is -1.90. The van der Waals surface area contributed by atoms with Crippen LogP contribution < -0.4 is 4.40 Å². The van der Waals surface area contributed by atoms with Gasteiger partial charge in [-0.1, -0.05) is 102 Å². The number of benzene rings is 6. The van der Waals surface area contributed by atoms with Crippen LogP contribution >= 0.6 is 0 Å². The molecule has 7 heteroatoms. The molecule has 63 heavy (non-hydrogen) atoms. The van der Waals surface area contributed by atoms with Crippen LogP contribution in [0, 0.1) is 24.5 Å². The molecule has 10 rings (SSSR count). The molecular weight excluding hydrogens is 1010 g/mol.